The van der Waals surface area contributed by atoms with E-state index < -0.39 is 0 Å². The summed E-state index contributed by atoms with van der Waals surface area (Å²) in [4.78, 5) is 9.36. The van der Waals surface area contributed by atoms with E-state index in [0.29, 0.717) is 12.1 Å². The lowest BCUT2D eigenvalue weighted by Crippen LogP contribution is -2.54. The number of halogens is 1. The molecule has 4 heteroatoms. The Labute approximate surface area is 112 Å². The van der Waals surface area contributed by atoms with Gasteiger partial charge in [-0.1, -0.05) is 15.9 Å². The van der Waals surface area contributed by atoms with Crippen LogP contribution in [0.25, 0.3) is 0 Å². The highest BCUT2D eigenvalue weighted by Crippen LogP contribution is 2.16. The Morgan fingerprint density at radius 3 is 2.59 bits per heavy atom. The third kappa shape index (κ3) is 3.27. The lowest BCUT2D eigenvalue weighted by molar-refractivity contribution is 0.0549. The van der Waals surface area contributed by atoms with Crippen LogP contribution in [0, 0.1) is 0 Å². The SMILES string of the molecule is CC1CN(Cc2cc(Br)ccn2)CC(C)N1C. The predicted octanol–water partition coefficient (Wildman–Crippen LogP) is 2.37. The number of pyridine rings is 1. The van der Waals surface area contributed by atoms with E-state index in [1.165, 1.54) is 0 Å². The van der Waals surface area contributed by atoms with Crippen LogP contribution in [0.2, 0.25) is 0 Å². The predicted molar refractivity (Wildman–Crippen MR) is 73.9 cm³/mol. The molecular weight excluding hydrogens is 278 g/mol. The van der Waals surface area contributed by atoms with Gasteiger partial charge in [-0.05, 0) is 33.0 Å². The third-order valence-corrected chi connectivity index (χ3v) is 4.09. The second-order valence-electron chi connectivity index (χ2n) is 5.02. The maximum Gasteiger partial charge on any atom is 0.0555 e. The van der Waals surface area contributed by atoms with Gasteiger partial charge in [-0.15, -0.1) is 0 Å². The molecule has 1 aromatic heterocycles. The third-order valence-electron chi connectivity index (χ3n) is 3.60. The van der Waals surface area contributed by atoms with Gasteiger partial charge in [-0.25, -0.2) is 0 Å². The molecule has 1 aromatic rings. The highest BCUT2D eigenvalue weighted by Gasteiger charge is 2.26. The van der Waals surface area contributed by atoms with Gasteiger partial charge in [0.25, 0.3) is 0 Å². The van der Waals surface area contributed by atoms with E-state index >= 15 is 0 Å². The Morgan fingerprint density at radius 2 is 2.00 bits per heavy atom. The molecule has 0 bridgehead atoms. The minimum Gasteiger partial charge on any atom is -0.298 e. The van der Waals surface area contributed by atoms with Gasteiger partial charge in [-0.3, -0.25) is 14.8 Å². The van der Waals surface area contributed by atoms with Gasteiger partial charge in [0.2, 0.25) is 0 Å². The van der Waals surface area contributed by atoms with Crippen LogP contribution in [-0.2, 0) is 6.54 Å². The number of hydrogen-bond donors (Lipinski definition) is 0. The summed E-state index contributed by atoms with van der Waals surface area (Å²) in [5.74, 6) is 0. The summed E-state index contributed by atoms with van der Waals surface area (Å²) in [7, 11) is 2.21. The average molecular weight is 298 g/mol. The van der Waals surface area contributed by atoms with Crippen molar-refractivity contribution < 1.29 is 0 Å². The molecule has 0 radical (unpaired) electrons. The molecular formula is C13H20BrN3. The van der Waals surface area contributed by atoms with Crippen LogP contribution in [0.15, 0.2) is 22.8 Å². The molecule has 2 rings (SSSR count). The quantitative estimate of drug-likeness (QED) is 0.835. The summed E-state index contributed by atoms with van der Waals surface area (Å²) in [5.41, 5.74) is 1.14. The van der Waals surface area contributed by atoms with E-state index in [1.54, 1.807) is 0 Å². The van der Waals surface area contributed by atoms with E-state index in [4.69, 9.17) is 0 Å². The molecule has 0 amide bonds. The highest BCUT2D eigenvalue weighted by atomic mass is 79.9. The molecule has 2 unspecified atom stereocenters. The van der Waals surface area contributed by atoms with Crippen molar-refractivity contribution >= 4 is 15.9 Å². The lowest BCUT2D eigenvalue weighted by Gasteiger charge is -2.42. The molecule has 17 heavy (non-hydrogen) atoms. The summed E-state index contributed by atoms with van der Waals surface area (Å²) in [6, 6.07) is 5.31. The van der Waals surface area contributed by atoms with Crippen LogP contribution in [0.4, 0.5) is 0 Å². The molecule has 0 aliphatic carbocycles. The smallest absolute Gasteiger partial charge is 0.0555 e. The van der Waals surface area contributed by atoms with Crippen molar-refractivity contribution in [3.8, 4) is 0 Å². The molecule has 0 spiro atoms. The van der Waals surface area contributed by atoms with Gasteiger partial charge in [0.1, 0.15) is 0 Å². The fourth-order valence-electron chi connectivity index (χ4n) is 2.41. The fourth-order valence-corrected chi connectivity index (χ4v) is 2.79. The summed E-state index contributed by atoms with van der Waals surface area (Å²) in [6.45, 7) is 7.76. The topological polar surface area (TPSA) is 19.4 Å². The zero-order chi connectivity index (χ0) is 12.4. The van der Waals surface area contributed by atoms with Crippen LogP contribution < -0.4 is 0 Å². The minimum atomic E-state index is 0.617. The number of hydrogen-bond acceptors (Lipinski definition) is 3. The molecule has 0 aromatic carbocycles. The summed E-state index contributed by atoms with van der Waals surface area (Å²) >= 11 is 3.49. The van der Waals surface area contributed by atoms with Gasteiger partial charge >= 0.3 is 0 Å². The number of rotatable bonds is 2. The lowest BCUT2D eigenvalue weighted by atomic mass is 10.1. The maximum absolute atomic E-state index is 4.42. The second kappa shape index (κ2) is 5.46. The van der Waals surface area contributed by atoms with Crippen molar-refractivity contribution in [2.24, 2.45) is 0 Å². The zero-order valence-electron chi connectivity index (χ0n) is 10.7. The molecule has 1 saturated heterocycles. The van der Waals surface area contributed by atoms with Crippen molar-refractivity contribution in [1.29, 1.82) is 0 Å². The number of aromatic nitrogens is 1. The van der Waals surface area contributed by atoms with E-state index in [0.717, 1.165) is 29.8 Å². The average Bonchev–Trinajstić information content (AvgIpc) is 2.26. The molecule has 3 nitrogen and oxygen atoms in total. The molecule has 1 fully saturated rings. The second-order valence-corrected chi connectivity index (χ2v) is 5.94. The molecule has 1 aliphatic rings. The Balaban J connectivity index is 2.00. The van der Waals surface area contributed by atoms with Crippen molar-refractivity contribution in [2.45, 2.75) is 32.5 Å². The van der Waals surface area contributed by atoms with Crippen LogP contribution in [0.5, 0.6) is 0 Å². The molecule has 1 aliphatic heterocycles. The number of piperazine rings is 1. The summed E-state index contributed by atoms with van der Waals surface area (Å²) in [5, 5.41) is 0. The Hall–Kier alpha value is -0.450. The normalized spacial score (nSPS) is 27.3. The van der Waals surface area contributed by atoms with Gasteiger partial charge in [-0.2, -0.15) is 0 Å². The van der Waals surface area contributed by atoms with E-state index in [9.17, 15) is 0 Å². The standard InChI is InChI=1S/C13H20BrN3/c1-10-7-17(8-11(2)16(10)3)9-13-6-12(14)4-5-15-13/h4-6,10-11H,7-9H2,1-3H3. The van der Waals surface area contributed by atoms with Crippen molar-refractivity contribution in [2.75, 3.05) is 20.1 Å². The Morgan fingerprint density at radius 1 is 1.35 bits per heavy atom. The van der Waals surface area contributed by atoms with Crippen LogP contribution in [0.1, 0.15) is 19.5 Å². The minimum absolute atomic E-state index is 0.617. The monoisotopic (exact) mass is 297 g/mol. The van der Waals surface area contributed by atoms with Crippen LogP contribution >= 0.6 is 15.9 Å². The molecule has 0 saturated carbocycles. The first-order valence-electron chi connectivity index (χ1n) is 6.11. The van der Waals surface area contributed by atoms with Gasteiger partial charge in [0.05, 0.1) is 5.69 Å². The fraction of sp³-hybridized carbons (Fsp3) is 0.615. The van der Waals surface area contributed by atoms with E-state index in [-0.39, 0.29) is 0 Å². The first-order valence-corrected chi connectivity index (χ1v) is 6.90. The maximum atomic E-state index is 4.42. The summed E-state index contributed by atoms with van der Waals surface area (Å²) in [6.07, 6.45) is 1.86. The van der Waals surface area contributed by atoms with Gasteiger partial charge < -0.3 is 0 Å². The van der Waals surface area contributed by atoms with Crippen LogP contribution in [-0.4, -0.2) is 47.0 Å². The van der Waals surface area contributed by atoms with Crippen molar-refractivity contribution in [1.82, 2.24) is 14.8 Å². The first-order chi connectivity index (χ1) is 8.06. The van der Waals surface area contributed by atoms with Gasteiger partial charge in [0, 0.05) is 42.4 Å². The number of likely N-dealkylation sites (N-methyl/N-ethyl adjacent to an activating group) is 1. The summed E-state index contributed by atoms with van der Waals surface area (Å²) < 4.78 is 1.11. The molecule has 2 atom stereocenters. The molecule has 94 valence electrons. The van der Waals surface area contributed by atoms with E-state index in [2.05, 4.69) is 57.7 Å². The molecule has 2 heterocycles. The number of nitrogens with zero attached hydrogens (tertiary/aromatic N) is 3. The largest absolute Gasteiger partial charge is 0.298 e. The Bertz CT molecular complexity index is 371. The molecule has 0 N–H and O–H groups in total. The first kappa shape index (κ1) is 13.0. The van der Waals surface area contributed by atoms with E-state index in [1.807, 2.05) is 12.3 Å². The van der Waals surface area contributed by atoms with Crippen molar-refractivity contribution in [3.63, 3.8) is 0 Å². The highest BCUT2D eigenvalue weighted by molar-refractivity contribution is 9.10. The van der Waals surface area contributed by atoms with Crippen molar-refractivity contribution in [3.05, 3.63) is 28.5 Å². The zero-order valence-corrected chi connectivity index (χ0v) is 12.3. The van der Waals surface area contributed by atoms with Crippen LogP contribution in [0.3, 0.4) is 0 Å². The van der Waals surface area contributed by atoms with Gasteiger partial charge in [0.15, 0.2) is 0 Å². The Kier molecular flexibility index (Phi) is 4.17.